The van der Waals surface area contributed by atoms with Gasteiger partial charge in [-0.3, -0.25) is 0 Å². The van der Waals surface area contributed by atoms with Crippen LogP contribution < -0.4 is 0 Å². The van der Waals surface area contributed by atoms with Crippen molar-refractivity contribution in [3.63, 3.8) is 0 Å². The molecule has 0 fully saturated rings. The van der Waals surface area contributed by atoms with Gasteiger partial charge in [0.2, 0.25) is 0 Å². The molecule has 2 aromatic rings. The Morgan fingerprint density at radius 3 is 2.92 bits per heavy atom. The lowest BCUT2D eigenvalue weighted by Crippen LogP contribution is -1.85. The van der Waals surface area contributed by atoms with Crippen LogP contribution in [0.3, 0.4) is 0 Å². The molecule has 1 heterocycles. The van der Waals surface area contributed by atoms with Crippen LogP contribution in [-0.2, 0) is 0 Å². The number of hydrogen-bond donors (Lipinski definition) is 1. The van der Waals surface area contributed by atoms with E-state index in [2.05, 4.69) is 0 Å². The minimum Gasteiger partial charge on any atom is -0.428 e. The second-order valence-electron chi connectivity index (χ2n) is 2.55. The zero-order valence-electron chi connectivity index (χ0n) is 6.23. The smallest absolute Gasteiger partial charge is 0.0991 e. The topological polar surface area (TPSA) is 49.0 Å². The van der Waals surface area contributed by atoms with Gasteiger partial charge in [-0.05, 0) is 24.3 Å². The Hall–Kier alpha value is -1.95. The minimum atomic E-state index is 0.605. The van der Waals surface area contributed by atoms with Gasteiger partial charge in [-0.1, -0.05) is 0 Å². The highest BCUT2D eigenvalue weighted by Gasteiger charge is 1.99. The van der Waals surface area contributed by atoms with E-state index >= 15 is 0 Å². The highest BCUT2D eigenvalue weighted by molar-refractivity contribution is 5.81. The summed E-state index contributed by atoms with van der Waals surface area (Å²) in [5.41, 5.74) is 1.32. The summed E-state index contributed by atoms with van der Waals surface area (Å²) in [6.07, 6.45) is 1.55. The fourth-order valence-electron chi connectivity index (χ4n) is 1.20. The molecular formula is C9H6N2O. The molecule has 0 aliphatic carbocycles. The van der Waals surface area contributed by atoms with Crippen molar-refractivity contribution in [2.24, 2.45) is 0 Å². The number of fused-ring (bicyclic) bond motifs is 1. The lowest BCUT2D eigenvalue weighted by molar-refractivity contribution is 0.200. The summed E-state index contributed by atoms with van der Waals surface area (Å²) >= 11 is 0. The van der Waals surface area contributed by atoms with E-state index in [9.17, 15) is 5.21 Å². The second kappa shape index (κ2) is 2.28. The summed E-state index contributed by atoms with van der Waals surface area (Å²) in [7, 11) is 0. The summed E-state index contributed by atoms with van der Waals surface area (Å²) in [5, 5.41) is 18.7. The van der Waals surface area contributed by atoms with E-state index in [1.165, 1.54) is 0 Å². The molecular weight excluding hydrogens is 152 g/mol. The van der Waals surface area contributed by atoms with Crippen LogP contribution in [0.15, 0.2) is 30.5 Å². The molecule has 0 radical (unpaired) electrons. The van der Waals surface area contributed by atoms with Gasteiger partial charge in [0.05, 0.1) is 17.1 Å². The third kappa shape index (κ3) is 0.823. The standard InChI is InChI=1S/C9H6N2O/c10-6-7-1-2-9-8(5-7)3-4-11(9)12/h1-5,12H. The highest BCUT2D eigenvalue weighted by Crippen LogP contribution is 2.15. The van der Waals surface area contributed by atoms with Gasteiger partial charge < -0.3 is 5.21 Å². The van der Waals surface area contributed by atoms with Crippen LogP contribution in [0.1, 0.15) is 5.56 Å². The molecule has 0 saturated heterocycles. The maximum absolute atomic E-state index is 9.21. The number of benzene rings is 1. The largest absolute Gasteiger partial charge is 0.428 e. The number of nitrogens with zero attached hydrogens (tertiary/aromatic N) is 2. The van der Waals surface area contributed by atoms with E-state index in [-0.39, 0.29) is 0 Å². The Morgan fingerprint density at radius 1 is 1.33 bits per heavy atom. The fraction of sp³-hybridized carbons (Fsp3) is 0. The Bertz CT molecular complexity index is 465. The first-order chi connectivity index (χ1) is 5.81. The van der Waals surface area contributed by atoms with E-state index in [4.69, 9.17) is 5.26 Å². The number of nitriles is 1. The third-order valence-corrected chi connectivity index (χ3v) is 1.80. The van der Waals surface area contributed by atoms with Crippen LogP contribution in [0.25, 0.3) is 10.9 Å². The molecule has 0 spiro atoms. The quantitative estimate of drug-likeness (QED) is 0.594. The van der Waals surface area contributed by atoms with Gasteiger partial charge in [-0.25, -0.2) is 0 Å². The molecule has 3 nitrogen and oxygen atoms in total. The lowest BCUT2D eigenvalue weighted by Gasteiger charge is -1.93. The maximum Gasteiger partial charge on any atom is 0.0991 e. The van der Waals surface area contributed by atoms with Gasteiger partial charge in [-0.2, -0.15) is 9.99 Å². The zero-order chi connectivity index (χ0) is 8.55. The summed E-state index contributed by atoms with van der Waals surface area (Å²) in [5.74, 6) is 0. The second-order valence-corrected chi connectivity index (χ2v) is 2.55. The fourth-order valence-corrected chi connectivity index (χ4v) is 1.20. The van der Waals surface area contributed by atoms with Gasteiger partial charge in [0.1, 0.15) is 0 Å². The Labute approximate surface area is 69.0 Å². The first-order valence-electron chi connectivity index (χ1n) is 3.52. The summed E-state index contributed by atoms with van der Waals surface area (Å²) < 4.78 is 1.04. The molecule has 12 heavy (non-hydrogen) atoms. The van der Waals surface area contributed by atoms with E-state index < -0.39 is 0 Å². The molecule has 0 saturated carbocycles. The molecule has 2 rings (SSSR count). The molecule has 1 aromatic carbocycles. The first-order valence-corrected chi connectivity index (χ1v) is 3.52. The van der Waals surface area contributed by atoms with Crippen LogP contribution in [0.4, 0.5) is 0 Å². The average Bonchev–Trinajstić information content (AvgIpc) is 2.47. The van der Waals surface area contributed by atoms with Gasteiger partial charge in [-0.15, -0.1) is 0 Å². The van der Waals surface area contributed by atoms with Crippen molar-refractivity contribution >= 4 is 10.9 Å². The van der Waals surface area contributed by atoms with Crippen molar-refractivity contribution < 1.29 is 5.21 Å². The van der Waals surface area contributed by atoms with Crippen molar-refractivity contribution in [2.45, 2.75) is 0 Å². The van der Waals surface area contributed by atoms with Crippen molar-refractivity contribution in [1.29, 1.82) is 5.26 Å². The summed E-state index contributed by atoms with van der Waals surface area (Å²) in [4.78, 5) is 0. The van der Waals surface area contributed by atoms with E-state index in [1.807, 2.05) is 6.07 Å². The van der Waals surface area contributed by atoms with Crippen LogP contribution in [-0.4, -0.2) is 9.94 Å². The van der Waals surface area contributed by atoms with Crippen molar-refractivity contribution in [3.8, 4) is 6.07 Å². The monoisotopic (exact) mass is 158 g/mol. The molecule has 3 heteroatoms. The third-order valence-electron chi connectivity index (χ3n) is 1.80. The van der Waals surface area contributed by atoms with E-state index in [0.29, 0.717) is 11.1 Å². The van der Waals surface area contributed by atoms with Gasteiger partial charge >= 0.3 is 0 Å². The number of hydrogen-bond acceptors (Lipinski definition) is 2. The Morgan fingerprint density at radius 2 is 2.17 bits per heavy atom. The van der Waals surface area contributed by atoms with Crippen LogP contribution >= 0.6 is 0 Å². The zero-order valence-corrected chi connectivity index (χ0v) is 6.23. The van der Waals surface area contributed by atoms with Crippen molar-refractivity contribution in [2.75, 3.05) is 0 Å². The molecule has 1 aromatic heterocycles. The first kappa shape index (κ1) is 6.74. The normalized spacial score (nSPS) is 9.92. The Balaban J connectivity index is 2.80. The molecule has 0 bridgehead atoms. The lowest BCUT2D eigenvalue weighted by atomic mass is 10.2. The predicted molar refractivity (Wildman–Crippen MR) is 43.8 cm³/mol. The molecule has 58 valence electrons. The van der Waals surface area contributed by atoms with Crippen LogP contribution in [0.5, 0.6) is 0 Å². The van der Waals surface area contributed by atoms with Crippen molar-refractivity contribution in [3.05, 3.63) is 36.0 Å². The number of aromatic nitrogens is 1. The van der Waals surface area contributed by atoms with Gasteiger partial charge in [0.25, 0.3) is 0 Å². The van der Waals surface area contributed by atoms with Crippen LogP contribution in [0, 0.1) is 11.3 Å². The molecule has 0 aliphatic rings. The average molecular weight is 158 g/mol. The minimum absolute atomic E-state index is 0.605. The van der Waals surface area contributed by atoms with Crippen LogP contribution in [0.2, 0.25) is 0 Å². The Kier molecular flexibility index (Phi) is 1.28. The summed E-state index contributed by atoms with van der Waals surface area (Å²) in [6, 6.07) is 8.93. The van der Waals surface area contributed by atoms with E-state index in [1.54, 1.807) is 30.5 Å². The van der Waals surface area contributed by atoms with Crippen molar-refractivity contribution in [1.82, 2.24) is 4.73 Å². The molecule has 1 N–H and O–H groups in total. The summed E-state index contributed by atoms with van der Waals surface area (Å²) in [6.45, 7) is 0. The highest BCUT2D eigenvalue weighted by atomic mass is 16.5. The van der Waals surface area contributed by atoms with Gasteiger partial charge in [0.15, 0.2) is 0 Å². The van der Waals surface area contributed by atoms with E-state index in [0.717, 1.165) is 10.1 Å². The molecule has 0 atom stereocenters. The SMILES string of the molecule is N#Cc1ccc2c(ccn2O)c1. The number of rotatable bonds is 0. The molecule has 0 aliphatic heterocycles. The van der Waals surface area contributed by atoms with Gasteiger partial charge in [0, 0.05) is 11.6 Å². The predicted octanol–water partition coefficient (Wildman–Crippen LogP) is 1.75. The molecule has 0 amide bonds. The maximum atomic E-state index is 9.21. The molecule has 0 unspecified atom stereocenters.